The van der Waals surface area contributed by atoms with Crippen LogP contribution in [0, 0.1) is 11.8 Å². The van der Waals surface area contributed by atoms with Crippen LogP contribution < -0.4 is 0 Å². The molecule has 4 aromatic rings. The molecule has 0 bridgehead atoms. The zero-order chi connectivity index (χ0) is 39.0. The normalized spacial score (nSPS) is 24.4. The molecule has 6 rings (SSSR count). The second-order valence-corrected chi connectivity index (χ2v) is 13.5. The fourth-order valence-electron chi connectivity index (χ4n) is 6.44. The lowest BCUT2D eigenvalue weighted by Crippen LogP contribution is -2.61. The molecule has 2 aliphatic rings. The maximum Gasteiger partial charge on any atom is 0.303 e. The second kappa shape index (κ2) is 21.3. The Bertz CT molecular complexity index is 1880. The first-order valence-corrected chi connectivity index (χ1v) is 18.8. The van der Waals surface area contributed by atoms with Gasteiger partial charge in [-0.2, -0.15) is 0 Å². The van der Waals surface area contributed by atoms with Crippen molar-refractivity contribution in [3.8, 4) is 11.8 Å². The quantitative estimate of drug-likeness (QED) is 0.0710. The fraction of sp³-hybridized carbons (Fsp3) is 0.348. The number of hydrogen-bond acceptors (Lipinski definition) is 10. The van der Waals surface area contributed by atoms with Crippen molar-refractivity contribution < 1.29 is 47.5 Å². The summed E-state index contributed by atoms with van der Waals surface area (Å²) >= 11 is 0. The summed E-state index contributed by atoms with van der Waals surface area (Å²) in [7, 11) is 0. The predicted octanol–water partition coefficient (Wildman–Crippen LogP) is 6.55. The van der Waals surface area contributed by atoms with Crippen molar-refractivity contribution in [3.05, 3.63) is 156 Å². The molecule has 0 spiro atoms. The molecule has 292 valence electrons. The van der Waals surface area contributed by atoms with Gasteiger partial charge in [0.25, 0.3) is 0 Å². The first-order valence-electron chi connectivity index (χ1n) is 18.8. The monoisotopic (exact) mass is 760 g/mol. The molecule has 0 saturated carbocycles. The van der Waals surface area contributed by atoms with E-state index < -0.39 is 60.8 Å². The summed E-state index contributed by atoms with van der Waals surface area (Å²) in [5.41, 5.74) is 3.99. The third kappa shape index (κ3) is 12.4. The van der Waals surface area contributed by atoms with Crippen molar-refractivity contribution in [3.63, 3.8) is 0 Å². The van der Waals surface area contributed by atoms with Gasteiger partial charge in [-0.05, 0) is 34.4 Å². The van der Waals surface area contributed by atoms with Crippen LogP contribution in [0.25, 0.3) is 0 Å². The molecule has 4 aromatic carbocycles. The lowest BCUT2D eigenvalue weighted by atomic mass is 9.93. The molecule has 2 heterocycles. The summed E-state index contributed by atoms with van der Waals surface area (Å²) in [6.45, 7) is 3.94. The van der Waals surface area contributed by atoms with E-state index in [9.17, 15) is 9.59 Å². The van der Waals surface area contributed by atoms with E-state index in [-0.39, 0.29) is 19.8 Å². The predicted molar refractivity (Wildman–Crippen MR) is 208 cm³/mol. The average Bonchev–Trinajstić information content (AvgIpc) is 3.22. The van der Waals surface area contributed by atoms with Gasteiger partial charge in [0, 0.05) is 13.8 Å². The Morgan fingerprint density at radius 3 is 1.55 bits per heavy atom. The highest BCUT2D eigenvalue weighted by atomic mass is 16.6. The summed E-state index contributed by atoms with van der Waals surface area (Å²) in [6.07, 6.45) is -2.22. The molecule has 2 aliphatic heterocycles. The molecule has 0 aliphatic carbocycles. The maximum atomic E-state index is 11.8. The second-order valence-electron chi connectivity index (χ2n) is 13.5. The van der Waals surface area contributed by atoms with E-state index in [4.69, 9.17) is 37.9 Å². The number of benzene rings is 4. The third-order valence-corrected chi connectivity index (χ3v) is 9.17. The third-order valence-electron chi connectivity index (χ3n) is 9.17. The highest BCUT2D eigenvalue weighted by molar-refractivity contribution is 5.67. The summed E-state index contributed by atoms with van der Waals surface area (Å²) in [4.78, 5) is 23.5. The van der Waals surface area contributed by atoms with Crippen LogP contribution in [-0.4, -0.2) is 74.0 Å². The van der Waals surface area contributed by atoms with Crippen LogP contribution in [0.15, 0.2) is 133 Å². The van der Waals surface area contributed by atoms with Crippen molar-refractivity contribution in [1.29, 1.82) is 0 Å². The van der Waals surface area contributed by atoms with Crippen LogP contribution >= 0.6 is 0 Å². The van der Waals surface area contributed by atoms with E-state index in [0.717, 1.165) is 22.3 Å². The van der Waals surface area contributed by atoms with Crippen LogP contribution in [0.5, 0.6) is 0 Å². The van der Waals surface area contributed by atoms with Gasteiger partial charge in [0.1, 0.15) is 55.4 Å². The number of ether oxygens (including phenoxy) is 8. The largest absolute Gasteiger partial charge is 0.463 e. The number of rotatable bonds is 16. The van der Waals surface area contributed by atoms with E-state index >= 15 is 0 Å². The molecule has 0 radical (unpaired) electrons. The topological polar surface area (TPSA) is 108 Å². The van der Waals surface area contributed by atoms with Gasteiger partial charge < -0.3 is 37.9 Å². The first-order chi connectivity index (χ1) is 27.4. The van der Waals surface area contributed by atoms with Crippen molar-refractivity contribution in [2.24, 2.45) is 0 Å². The standard InChI is InChI=1S/C46H48O10/c1-33(47)50-32-42-40(54-34(2)48)25-23-39(55-42)24-26-41-44(51-28-36-17-9-4-10-18-36)46(53-30-38-21-13-6-14-22-38)45(52-29-37-19-11-5-12-20-37)43(56-41)31-49-27-35-15-7-3-8-16-35/h3-23,25,39-46H,27-32H2,1-2H3/t39-,40-,41-,42+,43+,44-,45+,46+/m0/s1. The van der Waals surface area contributed by atoms with Gasteiger partial charge in [0.05, 0.1) is 33.0 Å². The molecule has 0 unspecified atom stereocenters. The van der Waals surface area contributed by atoms with E-state index in [1.807, 2.05) is 121 Å². The van der Waals surface area contributed by atoms with Gasteiger partial charge in [-0.25, -0.2) is 0 Å². The van der Waals surface area contributed by atoms with E-state index in [2.05, 4.69) is 11.8 Å². The molecule has 1 saturated heterocycles. The Kier molecular flexibility index (Phi) is 15.4. The average molecular weight is 761 g/mol. The Hall–Kier alpha value is -5.12. The van der Waals surface area contributed by atoms with Gasteiger partial charge in [-0.3, -0.25) is 9.59 Å². The summed E-state index contributed by atoms with van der Waals surface area (Å²) < 4.78 is 50.2. The lowest BCUT2D eigenvalue weighted by molar-refractivity contribution is -0.261. The van der Waals surface area contributed by atoms with Crippen molar-refractivity contribution >= 4 is 11.9 Å². The van der Waals surface area contributed by atoms with E-state index in [1.54, 1.807) is 12.2 Å². The molecule has 10 heteroatoms. The highest BCUT2D eigenvalue weighted by Gasteiger charge is 2.48. The zero-order valence-corrected chi connectivity index (χ0v) is 31.6. The zero-order valence-electron chi connectivity index (χ0n) is 31.6. The molecular formula is C46H48O10. The fourth-order valence-corrected chi connectivity index (χ4v) is 6.44. The van der Waals surface area contributed by atoms with Crippen LogP contribution in [0.1, 0.15) is 36.1 Å². The van der Waals surface area contributed by atoms with Crippen LogP contribution in [0.3, 0.4) is 0 Å². The molecule has 10 nitrogen and oxygen atoms in total. The lowest BCUT2D eigenvalue weighted by Gasteiger charge is -2.45. The molecule has 0 aromatic heterocycles. The number of carbonyl (C=O) groups is 2. The molecule has 8 atom stereocenters. The molecule has 0 amide bonds. The SMILES string of the molecule is CC(=O)OC[C@H]1O[C@H](C#C[C@@H]2O[C@H](COCc3ccccc3)[C@@H](OCc3ccccc3)[C@H](OCc3ccccc3)[C@H]2OCc2ccccc2)C=C[C@@H]1OC(C)=O. The summed E-state index contributed by atoms with van der Waals surface area (Å²) in [6, 6.07) is 39.7. The molecule has 1 fully saturated rings. The van der Waals surface area contributed by atoms with Crippen molar-refractivity contribution in [2.75, 3.05) is 13.2 Å². The Balaban J connectivity index is 1.33. The molecular weight excluding hydrogens is 712 g/mol. The van der Waals surface area contributed by atoms with Crippen LogP contribution in [0.4, 0.5) is 0 Å². The molecule has 0 N–H and O–H groups in total. The summed E-state index contributed by atoms with van der Waals surface area (Å²) in [5.74, 6) is 5.53. The molecule has 56 heavy (non-hydrogen) atoms. The van der Waals surface area contributed by atoms with Crippen LogP contribution in [0.2, 0.25) is 0 Å². The van der Waals surface area contributed by atoms with E-state index in [0.29, 0.717) is 19.8 Å². The minimum atomic E-state index is -0.809. The van der Waals surface area contributed by atoms with Gasteiger partial charge in [-0.1, -0.05) is 133 Å². The van der Waals surface area contributed by atoms with Crippen LogP contribution in [-0.2, 0) is 73.9 Å². The van der Waals surface area contributed by atoms with Gasteiger partial charge in [-0.15, -0.1) is 0 Å². The minimum absolute atomic E-state index is 0.116. The first kappa shape index (κ1) is 40.5. The smallest absolute Gasteiger partial charge is 0.303 e. The minimum Gasteiger partial charge on any atom is -0.463 e. The Labute approximate surface area is 328 Å². The van der Waals surface area contributed by atoms with Crippen molar-refractivity contribution in [2.45, 2.75) is 89.1 Å². The van der Waals surface area contributed by atoms with Gasteiger partial charge >= 0.3 is 11.9 Å². The summed E-state index contributed by atoms with van der Waals surface area (Å²) in [5, 5.41) is 0. The Morgan fingerprint density at radius 1 is 0.536 bits per heavy atom. The number of esters is 2. The highest BCUT2D eigenvalue weighted by Crippen LogP contribution is 2.31. The van der Waals surface area contributed by atoms with Crippen molar-refractivity contribution in [1.82, 2.24) is 0 Å². The Morgan fingerprint density at radius 2 is 1.04 bits per heavy atom. The van der Waals surface area contributed by atoms with E-state index in [1.165, 1.54) is 13.8 Å². The number of carbonyl (C=O) groups excluding carboxylic acids is 2. The number of hydrogen-bond donors (Lipinski definition) is 0. The van der Waals surface area contributed by atoms with Gasteiger partial charge in [0.2, 0.25) is 0 Å². The maximum absolute atomic E-state index is 11.8. The van der Waals surface area contributed by atoms with Gasteiger partial charge in [0.15, 0.2) is 0 Å².